The van der Waals surface area contributed by atoms with Crippen LogP contribution < -0.4 is 24.7 Å². The van der Waals surface area contributed by atoms with Crippen LogP contribution in [0.5, 0.6) is 28.7 Å². The SMILES string of the molecule is COc1c(Oc2ccc(CCN)cc2)cc(C(=O)N2C[C@H]3CCC[C@H]3C2)c(OC)c1OC. The molecule has 0 unspecified atom stereocenters. The lowest BCUT2D eigenvalue weighted by Crippen LogP contribution is -2.30. The summed E-state index contributed by atoms with van der Waals surface area (Å²) in [6, 6.07) is 9.41. The third-order valence-electron chi connectivity index (χ3n) is 6.60. The fourth-order valence-corrected chi connectivity index (χ4v) is 5.00. The van der Waals surface area contributed by atoms with Gasteiger partial charge in [-0.25, -0.2) is 0 Å². The van der Waals surface area contributed by atoms with E-state index in [-0.39, 0.29) is 5.91 Å². The number of hydrogen-bond acceptors (Lipinski definition) is 6. The number of hydrogen-bond donors (Lipinski definition) is 1. The molecule has 2 N–H and O–H groups in total. The maximum Gasteiger partial charge on any atom is 0.257 e. The van der Waals surface area contributed by atoms with Gasteiger partial charge in [0.25, 0.3) is 5.91 Å². The largest absolute Gasteiger partial charge is 0.492 e. The number of carbonyl (C=O) groups is 1. The van der Waals surface area contributed by atoms with Gasteiger partial charge in [0.1, 0.15) is 5.75 Å². The molecule has 0 spiro atoms. The minimum atomic E-state index is -0.0691. The molecule has 1 aliphatic heterocycles. The summed E-state index contributed by atoms with van der Waals surface area (Å²) in [5.41, 5.74) is 7.19. The average Bonchev–Trinajstić information content (AvgIpc) is 3.41. The van der Waals surface area contributed by atoms with E-state index in [0.717, 1.165) is 25.1 Å². The van der Waals surface area contributed by atoms with E-state index in [1.165, 1.54) is 40.6 Å². The van der Waals surface area contributed by atoms with Gasteiger partial charge in [0.05, 0.1) is 26.9 Å². The summed E-state index contributed by atoms with van der Waals surface area (Å²) < 4.78 is 22.9. The van der Waals surface area contributed by atoms with Crippen LogP contribution >= 0.6 is 0 Å². The van der Waals surface area contributed by atoms with Crippen LogP contribution in [0.15, 0.2) is 30.3 Å². The minimum absolute atomic E-state index is 0.0691. The Morgan fingerprint density at radius 2 is 1.59 bits per heavy atom. The first-order valence-electron chi connectivity index (χ1n) is 11.2. The number of benzene rings is 2. The summed E-state index contributed by atoms with van der Waals surface area (Å²) in [4.78, 5) is 15.5. The molecule has 2 aromatic carbocycles. The first kappa shape index (κ1) is 22.3. The van der Waals surface area contributed by atoms with E-state index in [1.54, 1.807) is 6.07 Å². The predicted octanol–water partition coefficient (Wildman–Crippen LogP) is 3.88. The summed E-state index contributed by atoms with van der Waals surface area (Å²) >= 11 is 0. The van der Waals surface area contributed by atoms with E-state index < -0.39 is 0 Å². The Bertz CT molecular complexity index is 948. The molecule has 32 heavy (non-hydrogen) atoms. The Kier molecular flexibility index (Phi) is 6.74. The van der Waals surface area contributed by atoms with Gasteiger partial charge in [-0.1, -0.05) is 18.6 Å². The zero-order chi connectivity index (χ0) is 22.7. The number of likely N-dealkylation sites (tertiary alicyclic amines) is 1. The number of ether oxygens (including phenoxy) is 4. The Morgan fingerprint density at radius 1 is 0.969 bits per heavy atom. The van der Waals surface area contributed by atoms with E-state index in [4.69, 9.17) is 24.7 Å². The molecule has 0 aromatic heterocycles. The number of amides is 1. The second-order valence-corrected chi connectivity index (χ2v) is 8.47. The van der Waals surface area contributed by atoms with Crippen molar-refractivity contribution in [3.8, 4) is 28.7 Å². The van der Waals surface area contributed by atoms with Gasteiger partial charge in [-0.15, -0.1) is 0 Å². The molecular weight excluding hydrogens is 408 g/mol. The Labute approximate surface area is 189 Å². The fraction of sp³-hybridized carbons (Fsp3) is 0.480. The van der Waals surface area contributed by atoms with Gasteiger partial charge in [0, 0.05) is 19.2 Å². The van der Waals surface area contributed by atoms with Gasteiger partial charge in [-0.05, 0) is 55.3 Å². The monoisotopic (exact) mass is 440 g/mol. The van der Waals surface area contributed by atoms with Gasteiger partial charge in [0.2, 0.25) is 11.5 Å². The molecule has 172 valence electrons. The fourth-order valence-electron chi connectivity index (χ4n) is 5.00. The summed E-state index contributed by atoms with van der Waals surface area (Å²) in [6.45, 7) is 2.17. The highest BCUT2D eigenvalue weighted by atomic mass is 16.5. The van der Waals surface area contributed by atoms with Crippen molar-refractivity contribution < 1.29 is 23.7 Å². The molecule has 2 fully saturated rings. The van der Waals surface area contributed by atoms with Crippen molar-refractivity contribution in [1.29, 1.82) is 0 Å². The van der Waals surface area contributed by atoms with Crippen LogP contribution in [0.2, 0.25) is 0 Å². The zero-order valence-corrected chi connectivity index (χ0v) is 19.1. The molecule has 7 heteroatoms. The second-order valence-electron chi connectivity index (χ2n) is 8.47. The first-order chi connectivity index (χ1) is 15.6. The van der Waals surface area contributed by atoms with Gasteiger partial charge >= 0.3 is 0 Å². The molecule has 7 nitrogen and oxygen atoms in total. The molecule has 2 atom stereocenters. The van der Waals surface area contributed by atoms with Crippen molar-refractivity contribution >= 4 is 5.91 Å². The van der Waals surface area contributed by atoms with Crippen molar-refractivity contribution in [2.45, 2.75) is 25.7 Å². The third kappa shape index (κ3) is 4.21. The van der Waals surface area contributed by atoms with Crippen LogP contribution in [0, 0.1) is 11.8 Å². The number of fused-ring (bicyclic) bond motifs is 1. The van der Waals surface area contributed by atoms with Crippen molar-refractivity contribution in [2.24, 2.45) is 17.6 Å². The maximum atomic E-state index is 13.5. The van der Waals surface area contributed by atoms with Gasteiger partial charge in [-0.2, -0.15) is 0 Å². The van der Waals surface area contributed by atoms with Crippen LogP contribution in [-0.4, -0.2) is 51.8 Å². The van der Waals surface area contributed by atoms with Gasteiger partial charge in [-0.3, -0.25) is 4.79 Å². The van der Waals surface area contributed by atoms with Crippen LogP contribution in [0.3, 0.4) is 0 Å². The average molecular weight is 441 g/mol. The zero-order valence-electron chi connectivity index (χ0n) is 19.1. The summed E-state index contributed by atoms with van der Waals surface area (Å²) in [7, 11) is 4.60. The summed E-state index contributed by atoms with van der Waals surface area (Å²) in [5.74, 6) is 3.25. The van der Waals surface area contributed by atoms with E-state index >= 15 is 0 Å². The molecule has 1 saturated heterocycles. The molecule has 0 radical (unpaired) electrons. The highest BCUT2D eigenvalue weighted by Crippen LogP contribution is 2.49. The molecule has 4 rings (SSSR count). The number of nitrogens with zero attached hydrogens (tertiary/aromatic N) is 1. The molecule has 0 bridgehead atoms. The number of carbonyl (C=O) groups excluding carboxylic acids is 1. The van der Waals surface area contributed by atoms with Crippen molar-refractivity contribution in [3.05, 3.63) is 41.5 Å². The summed E-state index contributed by atoms with van der Waals surface area (Å²) in [5, 5.41) is 0. The number of methoxy groups -OCH3 is 3. The first-order valence-corrected chi connectivity index (χ1v) is 11.2. The molecule has 2 aromatic rings. The highest BCUT2D eigenvalue weighted by Gasteiger charge is 2.39. The van der Waals surface area contributed by atoms with E-state index in [2.05, 4.69) is 0 Å². The number of nitrogens with two attached hydrogens (primary N) is 1. The Morgan fingerprint density at radius 3 is 2.16 bits per heavy atom. The molecular formula is C25H32N2O5. The molecule has 1 aliphatic carbocycles. The van der Waals surface area contributed by atoms with E-state index in [9.17, 15) is 4.79 Å². The van der Waals surface area contributed by atoms with Gasteiger partial charge in [0.15, 0.2) is 11.5 Å². The molecule has 1 heterocycles. The lowest BCUT2D eigenvalue weighted by Gasteiger charge is -2.22. The van der Waals surface area contributed by atoms with E-state index in [0.29, 0.717) is 52.7 Å². The van der Waals surface area contributed by atoms with Gasteiger partial charge < -0.3 is 29.6 Å². The molecule has 2 aliphatic rings. The Hall–Kier alpha value is -2.93. The predicted molar refractivity (Wildman–Crippen MR) is 122 cm³/mol. The minimum Gasteiger partial charge on any atom is -0.492 e. The van der Waals surface area contributed by atoms with E-state index in [1.807, 2.05) is 29.2 Å². The normalized spacial score (nSPS) is 19.6. The van der Waals surface area contributed by atoms with Crippen LogP contribution in [0.4, 0.5) is 0 Å². The highest BCUT2D eigenvalue weighted by molar-refractivity contribution is 5.99. The van der Waals surface area contributed by atoms with Crippen LogP contribution in [-0.2, 0) is 6.42 Å². The molecule has 1 saturated carbocycles. The quantitative estimate of drug-likeness (QED) is 0.671. The molecule has 1 amide bonds. The van der Waals surface area contributed by atoms with Crippen molar-refractivity contribution in [1.82, 2.24) is 4.90 Å². The lowest BCUT2D eigenvalue weighted by atomic mass is 10.0. The standard InChI is InChI=1S/C25H32N2O5/c1-29-22-20(25(28)27-14-17-5-4-6-18(17)15-27)13-21(23(30-2)24(22)31-3)32-19-9-7-16(8-10-19)11-12-26/h7-10,13,17-18H,4-6,11-12,14-15,26H2,1-3H3/t17-,18+. The maximum absolute atomic E-state index is 13.5. The van der Waals surface area contributed by atoms with Crippen LogP contribution in [0.1, 0.15) is 35.2 Å². The smallest absolute Gasteiger partial charge is 0.257 e. The van der Waals surface area contributed by atoms with Crippen LogP contribution in [0.25, 0.3) is 0 Å². The lowest BCUT2D eigenvalue weighted by molar-refractivity contribution is 0.0776. The van der Waals surface area contributed by atoms with Crippen molar-refractivity contribution in [3.63, 3.8) is 0 Å². The summed E-state index contributed by atoms with van der Waals surface area (Å²) in [6.07, 6.45) is 4.47. The van der Waals surface area contributed by atoms with Crippen molar-refractivity contribution in [2.75, 3.05) is 41.0 Å². The topological polar surface area (TPSA) is 83.3 Å². The second kappa shape index (κ2) is 9.69. The third-order valence-corrected chi connectivity index (χ3v) is 6.60. The Balaban J connectivity index is 1.68. The number of rotatable bonds is 8.